The number of benzene rings is 2. The van der Waals surface area contributed by atoms with E-state index in [2.05, 4.69) is 30.3 Å². The molecule has 7 nitrogen and oxygen atoms in total. The molecule has 0 saturated carbocycles. The Morgan fingerprint density at radius 3 is 2.62 bits per heavy atom. The standard InChI is InChI=1S/C26H27N5O2S/c1-5-26(3)14-17-8-6-7-9-19(17)22-21(26)23(33)31-24(28-22)30(29-25(31)34-4)15-20(32)27-18-12-10-16(2)11-13-18/h6-13H,5,14-15H2,1-4H3,(H,27,32). The van der Waals surface area contributed by atoms with Crippen molar-refractivity contribution in [2.24, 2.45) is 0 Å². The first-order valence-electron chi connectivity index (χ1n) is 11.4. The van der Waals surface area contributed by atoms with E-state index < -0.39 is 0 Å². The van der Waals surface area contributed by atoms with Gasteiger partial charge in [-0.3, -0.25) is 9.59 Å². The molecular weight excluding hydrogens is 446 g/mol. The van der Waals surface area contributed by atoms with Gasteiger partial charge in [0, 0.05) is 16.7 Å². The SMILES string of the molecule is CCC1(C)Cc2ccccc2-c2nc3n(CC(=O)Nc4ccc(C)cc4)nc(SC)n3c(=O)c21. The molecule has 0 saturated heterocycles. The van der Waals surface area contributed by atoms with Gasteiger partial charge in [-0.2, -0.15) is 0 Å². The summed E-state index contributed by atoms with van der Waals surface area (Å²) in [6.07, 6.45) is 3.48. The topological polar surface area (TPSA) is 81.3 Å². The lowest BCUT2D eigenvalue weighted by Gasteiger charge is -2.35. The normalized spacial score (nSPS) is 16.8. The number of aromatic nitrogens is 4. The molecule has 174 valence electrons. The van der Waals surface area contributed by atoms with Crippen LogP contribution in [0, 0.1) is 6.92 Å². The Hall–Kier alpha value is -3.39. The van der Waals surface area contributed by atoms with Gasteiger partial charge in [0.1, 0.15) is 6.54 Å². The molecule has 1 amide bonds. The second-order valence-corrected chi connectivity index (χ2v) is 9.86. The Balaban J connectivity index is 1.65. The van der Waals surface area contributed by atoms with Crippen molar-refractivity contribution in [3.63, 3.8) is 0 Å². The van der Waals surface area contributed by atoms with E-state index >= 15 is 0 Å². The fourth-order valence-corrected chi connectivity index (χ4v) is 5.24. The molecule has 4 aromatic rings. The molecule has 0 radical (unpaired) electrons. The first-order chi connectivity index (χ1) is 16.3. The third-order valence-corrected chi connectivity index (χ3v) is 7.37. The lowest BCUT2D eigenvalue weighted by Crippen LogP contribution is -2.38. The number of aryl methyl sites for hydroxylation is 1. The Bertz CT molecular complexity index is 1470. The highest BCUT2D eigenvalue weighted by atomic mass is 32.2. The average Bonchev–Trinajstić information content (AvgIpc) is 3.18. The highest BCUT2D eigenvalue weighted by Gasteiger charge is 2.38. The summed E-state index contributed by atoms with van der Waals surface area (Å²) in [6, 6.07) is 15.7. The van der Waals surface area contributed by atoms with Crippen molar-refractivity contribution >= 4 is 29.1 Å². The van der Waals surface area contributed by atoms with Gasteiger partial charge in [0.15, 0.2) is 5.16 Å². The molecule has 1 aliphatic carbocycles. The smallest absolute Gasteiger partial charge is 0.265 e. The largest absolute Gasteiger partial charge is 0.324 e. The molecule has 2 aromatic carbocycles. The van der Waals surface area contributed by atoms with E-state index in [-0.39, 0.29) is 23.4 Å². The number of nitrogens with one attached hydrogen (secondary N) is 1. The van der Waals surface area contributed by atoms with Gasteiger partial charge in [-0.25, -0.2) is 14.1 Å². The maximum atomic E-state index is 13.9. The monoisotopic (exact) mass is 473 g/mol. The lowest BCUT2D eigenvalue weighted by atomic mass is 9.69. The van der Waals surface area contributed by atoms with Crippen LogP contribution >= 0.6 is 11.8 Å². The predicted octanol–water partition coefficient (Wildman–Crippen LogP) is 4.45. The van der Waals surface area contributed by atoms with Crippen LogP contribution in [0.5, 0.6) is 0 Å². The summed E-state index contributed by atoms with van der Waals surface area (Å²) >= 11 is 1.37. The summed E-state index contributed by atoms with van der Waals surface area (Å²) in [4.78, 5) is 31.7. The van der Waals surface area contributed by atoms with E-state index in [0.29, 0.717) is 22.3 Å². The molecule has 0 spiro atoms. The van der Waals surface area contributed by atoms with Crippen molar-refractivity contribution in [1.29, 1.82) is 0 Å². The van der Waals surface area contributed by atoms with Crippen molar-refractivity contribution in [3.8, 4) is 11.3 Å². The number of anilines is 1. The highest BCUT2D eigenvalue weighted by molar-refractivity contribution is 7.98. The van der Waals surface area contributed by atoms with Gasteiger partial charge < -0.3 is 5.32 Å². The second-order valence-electron chi connectivity index (χ2n) is 9.08. The summed E-state index contributed by atoms with van der Waals surface area (Å²) in [5.74, 6) is 0.148. The van der Waals surface area contributed by atoms with Crippen LogP contribution in [0.25, 0.3) is 17.0 Å². The Kier molecular flexibility index (Phi) is 5.56. The quantitative estimate of drug-likeness (QED) is 0.433. The van der Waals surface area contributed by atoms with Gasteiger partial charge >= 0.3 is 0 Å². The molecule has 2 heterocycles. The van der Waals surface area contributed by atoms with E-state index in [1.165, 1.54) is 22.0 Å². The van der Waals surface area contributed by atoms with E-state index in [1.807, 2.05) is 55.6 Å². The molecule has 0 aliphatic heterocycles. The average molecular weight is 474 g/mol. The van der Waals surface area contributed by atoms with Crippen LogP contribution in [-0.4, -0.2) is 31.3 Å². The number of amides is 1. The number of hydrogen-bond donors (Lipinski definition) is 1. The molecular formula is C26H27N5O2S. The molecule has 2 aromatic heterocycles. The first kappa shape index (κ1) is 22.4. The molecule has 0 bridgehead atoms. The maximum Gasteiger partial charge on any atom is 0.265 e. The van der Waals surface area contributed by atoms with E-state index in [1.54, 1.807) is 4.40 Å². The molecule has 1 atom stereocenters. The molecule has 34 heavy (non-hydrogen) atoms. The zero-order valence-electron chi connectivity index (χ0n) is 19.8. The number of fused-ring (bicyclic) bond motifs is 4. The molecule has 1 unspecified atom stereocenters. The van der Waals surface area contributed by atoms with Gasteiger partial charge in [0.2, 0.25) is 11.7 Å². The van der Waals surface area contributed by atoms with Crippen molar-refractivity contribution in [3.05, 3.63) is 75.6 Å². The zero-order valence-corrected chi connectivity index (χ0v) is 20.6. The minimum Gasteiger partial charge on any atom is -0.324 e. The number of nitrogens with zero attached hydrogens (tertiary/aromatic N) is 4. The van der Waals surface area contributed by atoms with Gasteiger partial charge in [-0.1, -0.05) is 67.6 Å². The Morgan fingerprint density at radius 1 is 1.18 bits per heavy atom. The summed E-state index contributed by atoms with van der Waals surface area (Å²) in [5, 5.41) is 8.01. The predicted molar refractivity (Wildman–Crippen MR) is 136 cm³/mol. The molecule has 1 aliphatic rings. The van der Waals surface area contributed by atoms with Crippen molar-refractivity contribution < 1.29 is 4.79 Å². The van der Waals surface area contributed by atoms with Crippen molar-refractivity contribution in [2.45, 2.75) is 50.7 Å². The summed E-state index contributed by atoms with van der Waals surface area (Å²) in [6.45, 7) is 6.20. The van der Waals surface area contributed by atoms with Crippen LogP contribution < -0.4 is 10.9 Å². The van der Waals surface area contributed by atoms with Crippen molar-refractivity contribution in [2.75, 3.05) is 11.6 Å². The van der Waals surface area contributed by atoms with Crippen LogP contribution in [0.2, 0.25) is 0 Å². The first-order valence-corrected chi connectivity index (χ1v) is 12.6. The fourth-order valence-electron chi connectivity index (χ4n) is 4.71. The zero-order chi connectivity index (χ0) is 24.0. The Labute approximate surface area is 202 Å². The van der Waals surface area contributed by atoms with E-state index in [9.17, 15) is 9.59 Å². The third kappa shape index (κ3) is 3.62. The molecule has 5 rings (SSSR count). The number of carbonyl (C=O) groups excluding carboxylic acids is 1. The fraction of sp³-hybridized carbons (Fsp3) is 0.308. The minimum atomic E-state index is -0.324. The van der Waals surface area contributed by atoms with Gasteiger partial charge in [-0.05, 0) is 43.7 Å². The Morgan fingerprint density at radius 2 is 1.91 bits per heavy atom. The highest BCUT2D eigenvalue weighted by Crippen LogP contribution is 2.42. The van der Waals surface area contributed by atoms with Gasteiger partial charge in [0.25, 0.3) is 5.56 Å². The maximum absolute atomic E-state index is 13.9. The molecule has 8 heteroatoms. The third-order valence-electron chi connectivity index (χ3n) is 6.74. The molecule has 1 N–H and O–H groups in total. The van der Waals surface area contributed by atoms with Gasteiger partial charge in [0.05, 0.1) is 11.3 Å². The lowest BCUT2D eigenvalue weighted by molar-refractivity contribution is -0.116. The second kappa shape index (κ2) is 8.43. The van der Waals surface area contributed by atoms with Crippen LogP contribution in [0.3, 0.4) is 0 Å². The van der Waals surface area contributed by atoms with E-state index in [4.69, 9.17) is 4.98 Å². The number of hydrogen-bond acceptors (Lipinski definition) is 5. The molecule has 0 fully saturated rings. The number of thioether (sulfide) groups is 1. The summed E-state index contributed by atoms with van der Waals surface area (Å²) < 4.78 is 3.09. The van der Waals surface area contributed by atoms with Crippen LogP contribution in [-0.2, 0) is 23.2 Å². The van der Waals surface area contributed by atoms with E-state index in [0.717, 1.165) is 29.5 Å². The van der Waals surface area contributed by atoms with Crippen molar-refractivity contribution in [1.82, 2.24) is 19.2 Å². The number of rotatable bonds is 5. The van der Waals surface area contributed by atoms with Gasteiger partial charge in [-0.15, -0.1) is 5.10 Å². The van der Waals surface area contributed by atoms with Crippen LogP contribution in [0.4, 0.5) is 5.69 Å². The minimum absolute atomic E-state index is 0.0458. The van der Waals surface area contributed by atoms with Crippen LogP contribution in [0.15, 0.2) is 58.5 Å². The number of carbonyl (C=O) groups is 1. The summed E-state index contributed by atoms with van der Waals surface area (Å²) in [7, 11) is 0. The summed E-state index contributed by atoms with van der Waals surface area (Å²) in [5.41, 5.74) is 4.99. The van der Waals surface area contributed by atoms with Crippen LogP contribution in [0.1, 0.15) is 37.0 Å².